The first-order valence-corrected chi connectivity index (χ1v) is 5.58. The molecule has 2 aromatic heterocycles. The van der Waals surface area contributed by atoms with Crippen LogP contribution in [0.1, 0.15) is 5.56 Å². The van der Waals surface area contributed by atoms with Crippen LogP contribution in [0.25, 0.3) is 0 Å². The lowest BCUT2D eigenvalue weighted by Gasteiger charge is -2.01. The van der Waals surface area contributed by atoms with E-state index in [0.717, 1.165) is 10.7 Å². The Labute approximate surface area is 95.8 Å². The number of nitrogens with zero attached hydrogens (tertiary/aromatic N) is 5. The van der Waals surface area contributed by atoms with E-state index in [1.165, 1.54) is 11.8 Å². The summed E-state index contributed by atoms with van der Waals surface area (Å²) in [5.74, 6) is 0.709. The Hall–Kier alpha value is -1.14. The molecule has 7 heteroatoms. The van der Waals surface area contributed by atoms with E-state index in [0.29, 0.717) is 10.9 Å². The molecule has 0 atom stereocenters. The van der Waals surface area contributed by atoms with Gasteiger partial charge in [-0.2, -0.15) is 0 Å². The predicted octanol–water partition coefficient (Wildman–Crippen LogP) is 1.55. The van der Waals surface area contributed by atoms with Gasteiger partial charge in [-0.15, -0.1) is 5.10 Å². The smallest absolute Gasteiger partial charge is 0.209 e. The van der Waals surface area contributed by atoms with E-state index in [1.54, 1.807) is 17.9 Å². The van der Waals surface area contributed by atoms with Gasteiger partial charge in [-0.3, -0.25) is 0 Å². The zero-order valence-corrected chi connectivity index (χ0v) is 9.53. The van der Waals surface area contributed by atoms with Gasteiger partial charge in [-0.05, 0) is 22.1 Å². The van der Waals surface area contributed by atoms with E-state index in [1.807, 2.05) is 12.1 Å². The summed E-state index contributed by atoms with van der Waals surface area (Å²) in [5.41, 5.74) is 0.979. The fourth-order valence-electron chi connectivity index (χ4n) is 1.01. The number of aromatic nitrogens is 5. The van der Waals surface area contributed by atoms with Gasteiger partial charge < -0.3 is 0 Å². The first-order chi connectivity index (χ1) is 7.27. The Bertz CT molecular complexity index is 458. The summed E-state index contributed by atoms with van der Waals surface area (Å²) in [4.78, 5) is 4.00. The minimum absolute atomic E-state index is 0.528. The quantitative estimate of drug-likeness (QED) is 0.603. The molecule has 0 amide bonds. The molecule has 0 unspecified atom stereocenters. The largest absolute Gasteiger partial charge is 0.244 e. The minimum Gasteiger partial charge on any atom is -0.244 e. The summed E-state index contributed by atoms with van der Waals surface area (Å²) in [5, 5.41) is 12.4. The average Bonchev–Trinajstić information content (AvgIpc) is 2.63. The van der Waals surface area contributed by atoms with E-state index in [-0.39, 0.29) is 0 Å². The standard InChI is InChI=1S/C8H8ClN5S/c1-14-8(11-12-13-14)15-5-6-3-2-4-10-7(6)9/h2-4H,5H2,1H3. The Morgan fingerprint density at radius 3 is 3.07 bits per heavy atom. The van der Waals surface area contributed by atoms with Gasteiger partial charge in [0.05, 0.1) is 0 Å². The van der Waals surface area contributed by atoms with Gasteiger partial charge in [0.15, 0.2) is 0 Å². The number of pyridine rings is 1. The predicted molar refractivity (Wildman–Crippen MR) is 57.6 cm³/mol. The maximum absolute atomic E-state index is 5.92. The summed E-state index contributed by atoms with van der Waals surface area (Å²) < 4.78 is 1.62. The summed E-state index contributed by atoms with van der Waals surface area (Å²) in [6.07, 6.45) is 1.67. The lowest BCUT2D eigenvalue weighted by molar-refractivity contribution is 0.664. The Morgan fingerprint density at radius 2 is 2.40 bits per heavy atom. The highest BCUT2D eigenvalue weighted by molar-refractivity contribution is 7.98. The monoisotopic (exact) mass is 241 g/mol. The van der Waals surface area contributed by atoms with Crippen LogP contribution in [-0.4, -0.2) is 25.2 Å². The molecule has 0 fully saturated rings. The number of hydrogen-bond donors (Lipinski definition) is 0. The lowest BCUT2D eigenvalue weighted by atomic mass is 10.3. The Morgan fingerprint density at radius 1 is 1.53 bits per heavy atom. The fraction of sp³-hybridized carbons (Fsp3) is 0.250. The van der Waals surface area contributed by atoms with Crippen LogP contribution in [-0.2, 0) is 12.8 Å². The van der Waals surface area contributed by atoms with Crippen LogP contribution in [0.3, 0.4) is 0 Å². The highest BCUT2D eigenvalue weighted by Crippen LogP contribution is 2.22. The van der Waals surface area contributed by atoms with Crippen molar-refractivity contribution in [2.45, 2.75) is 10.9 Å². The van der Waals surface area contributed by atoms with Crippen molar-refractivity contribution in [1.82, 2.24) is 25.2 Å². The molecule has 0 saturated heterocycles. The third-order valence-electron chi connectivity index (χ3n) is 1.77. The number of aryl methyl sites for hydroxylation is 1. The van der Waals surface area contributed by atoms with Crippen LogP contribution in [0.2, 0.25) is 5.15 Å². The average molecular weight is 242 g/mol. The molecule has 0 bridgehead atoms. The molecule has 2 rings (SSSR count). The first-order valence-electron chi connectivity index (χ1n) is 4.22. The molecule has 2 heterocycles. The Kier molecular flexibility index (Phi) is 3.17. The van der Waals surface area contributed by atoms with Gasteiger partial charge in [-0.1, -0.05) is 29.4 Å². The summed E-state index contributed by atoms with van der Waals surface area (Å²) in [6, 6.07) is 3.79. The third kappa shape index (κ3) is 2.45. The summed E-state index contributed by atoms with van der Waals surface area (Å²) >= 11 is 7.44. The second kappa shape index (κ2) is 4.59. The zero-order valence-electron chi connectivity index (χ0n) is 7.96. The first kappa shape index (κ1) is 10.4. The maximum Gasteiger partial charge on any atom is 0.209 e. The molecule has 0 N–H and O–H groups in total. The number of thioether (sulfide) groups is 1. The molecule has 2 aromatic rings. The van der Waals surface area contributed by atoms with Gasteiger partial charge in [0, 0.05) is 19.0 Å². The van der Waals surface area contributed by atoms with E-state index < -0.39 is 0 Å². The topological polar surface area (TPSA) is 56.5 Å². The van der Waals surface area contributed by atoms with Crippen LogP contribution >= 0.6 is 23.4 Å². The number of halogens is 1. The molecule has 5 nitrogen and oxygen atoms in total. The van der Waals surface area contributed by atoms with Crippen molar-refractivity contribution < 1.29 is 0 Å². The second-order valence-electron chi connectivity index (χ2n) is 2.83. The molecule has 0 aliphatic heterocycles. The minimum atomic E-state index is 0.528. The van der Waals surface area contributed by atoms with Crippen LogP contribution in [0.5, 0.6) is 0 Å². The van der Waals surface area contributed by atoms with Crippen LogP contribution in [0.4, 0.5) is 0 Å². The van der Waals surface area contributed by atoms with E-state index >= 15 is 0 Å². The van der Waals surface area contributed by atoms with Gasteiger partial charge >= 0.3 is 0 Å². The third-order valence-corrected chi connectivity index (χ3v) is 3.17. The number of rotatable bonds is 3. The van der Waals surface area contributed by atoms with Crippen molar-refractivity contribution in [3.8, 4) is 0 Å². The molecule has 15 heavy (non-hydrogen) atoms. The molecule has 0 saturated carbocycles. The fourth-order valence-corrected chi connectivity index (χ4v) is 2.11. The number of tetrazole rings is 1. The molecule has 0 aliphatic rings. The van der Waals surface area contributed by atoms with Crippen LogP contribution < -0.4 is 0 Å². The second-order valence-corrected chi connectivity index (χ2v) is 4.13. The molecule has 0 spiro atoms. The highest BCUT2D eigenvalue weighted by atomic mass is 35.5. The molecule has 78 valence electrons. The van der Waals surface area contributed by atoms with Crippen molar-refractivity contribution in [3.63, 3.8) is 0 Å². The molecule has 0 aliphatic carbocycles. The number of hydrogen-bond acceptors (Lipinski definition) is 5. The van der Waals surface area contributed by atoms with Gasteiger partial charge in [0.25, 0.3) is 0 Å². The SMILES string of the molecule is Cn1nnnc1SCc1cccnc1Cl. The maximum atomic E-state index is 5.92. The van der Waals surface area contributed by atoms with E-state index in [9.17, 15) is 0 Å². The zero-order chi connectivity index (χ0) is 10.7. The normalized spacial score (nSPS) is 10.5. The lowest BCUT2D eigenvalue weighted by Crippen LogP contribution is -1.93. The van der Waals surface area contributed by atoms with Crippen molar-refractivity contribution >= 4 is 23.4 Å². The van der Waals surface area contributed by atoms with Crippen LogP contribution in [0.15, 0.2) is 23.5 Å². The van der Waals surface area contributed by atoms with Gasteiger partial charge in [-0.25, -0.2) is 9.67 Å². The van der Waals surface area contributed by atoms with Crippen LogP contribution in [0, 0.1) is 0 Å². The van der Waals surface area contributed by atoms with Crippen molar-refractivity contribution in [1.29, 1.82) is 0 Å². The molecular formula is C8H8ClN5S. The van der Waals surface area contributed by atoms with E-state index in [4.69, 9.17) is 11.6 Å². The Balaban J connectivity index is 2.06. The highest BCUT2D eigenvalue weighted by Gasteiger charge is 2.05. The summed E-state index contributed by atoms with van der Waals surface area (Å²) in [6.45, 7) is 0. The van der Waals surface area contributed by atoms with Gasteiger partial charge in [0.1, 0.15) is 5.15 Å². The molecule has 0 aromatic carbocycles. The van der Waals surface area contributed by atoms with Crippen molar-refractivity contribution in [2.24, 2.45) is 7.05 Å². The van der Waals surface area contributed by atoms with Crippen molar-refractivity contribution in [2.75, 3.05) is 0 Å². The van der Waals surface area contributed by atoms with Crippen molar-refractivity contribution in [3.05, 3.63) is 29.0 Å². The molecular weight excluding hydrogens is 234 g/mol. The summed E-state index contributed by atoms with van der Waals surface area (Å²) in [7, 11) is 1.80. The van der Waals surface area contributed by atoms with Gasteiger partial charge in [0.2, 0.25) is 5.16 Å². The molecule has 0 radical (unpaired) electrons. The van der Waals surface area contributed by atoms with E-state index in [2.05, 4.69) is 20.5 Å².